The Morgan fingerprint density at radius 3 is 2.67 bits per heavy atom. The topological polar surface area (TPSA) is 24.9 Å². The largest absolute Gasteiger partial charge is 0.309 e. The van der Waals surface area contributed by atoms with Crippen molar-refractivity contribution >= 4 is 11.6 Å². The molecular weight excluding hydrogens is 287 g/mol. The van der Waals surface area contributed by atoms with Gasteiger partial charge in [0.25, 0.3) is 0 Å². The summed E-state index contributed by atoms with van der Waals surface area (Å²) in [6.07, 6.45) is 2.73. The molecule has 2 unspecified atom stereocenters. The number of nitrogens with zero attached hydrogens (tertiary/aromatic N) is 1. The summed E-state index contributed by atoms with van der Waals surface area (Å²) in [6, 6.07) is 10.4. The van der Waals surface area contributed by atoms with Gasteiger partial charge in [-0.3, -0.25) is 4.98 Å². The van der Waals surface area contributed by atoms with Gasteiger partial charge in [-0.25, -0.2) is 4.39 Å². The van der Waals surface area contributed by atoms with Crippen LogP contribution in [0.2, 0.25) is 5.02 Å². The molecule has 0 aliphatic rings. The fourth-order valence-corrected chi connectivity index (χ4v) is 2.73. The number of hydrogen-bond donors (Lipinski definition) is 1. The number of rotatable bonds is 6. The second kappa shape index (κ2) is 7.53. The smallest absolute Gasteiger partial charge is 0.129 e. The van der Waals surface area contributed by atoms with Crippen molar-refractivity contribution in [1.29, 1.82) is 0 Å². The molecule has 112 valence electrons. The number of pyridine rings is 1. The van der Waals surface area contributed by atoms with Gasteiger partial charge in [0.1, 0.15) is 5.82 Å². The lowest BCUT2D eigenvalue weighted by Gasteiger charge is -2.26. The van der Waals surface area contributed by atoms with Crippen LogP contribution in [0.3, 0.4) is 0 Å². The van der Waals surface area contributed by atoms with Crippen molar-refractivity contribution in [3.05, 3.63) is 64.7 Å². The lowest BCUT2D eigenvalue weighted by Crippen LogP contribution is -2.28. The number of nitrogens with one attached hydrogen (secondary N) is 1. The predicted octanol–water partition coefficient (Wildman–Crippen LogP) is 4.72. The van der Waals surface area contributed by atoms with E-state index in [-0.39, 0.29) is 17.8 Å². The van der Waals surface area contributed by atoms with Gasteiger partial charge < -0.3 is 5.32 Å². The minimum Gasteiger partial charge on any atom is -0.309 e. The van der Waals surface area contributed by atoms with E-state index >= 15 is 0 Å². The summed E-state index contributed by atoms with van der Waals surface area (Å²) in [5, 5.41) is 3.85. The standard InChI is InChI=1S/C17H20ClFN2/c1-3-10-21-17(12(2)15-9-4-5-11-20-15)16-13(18)7-6-8-14(16)19/h4-9,11-12,17,21H,3,10H2,1-2H3. The SMILES string of the molecule is CCCNC(c1c(F)cccc1Cl)C(C)c1ccccn1. The van der Waals surface area contributed by atoms with E-state index in [0.717, 1.165) is 18.7 Å². The third-order valence-electron chi connectivity index (χ3n) is 3.58. The Morgan fingerprint density at radius 1 is 1.24 bits per heavy atom. The molecule has 0 saturated carbocycles. The van der Waals surface area contributed by atoms with Gasteiger partial charge in [-0.05, 0) is 37.2 Å². The number of benzene rings is 1. The summed E-state index contributed by atoms with van der Waals surface area (Å²) in [6.45, 7) is 4.92. The predicted molar refractivity (Wildman–Crippen MR) is 85.1 cm³/mol. The van der Waals surface area contributed by atoms with E-state index in [1.54, 1.807) is 18.3 Å². The van der Waals surface area contributed by atoms with Gasteiger partial charge in [-0.15, -0.1) is 0 Å². The number of aromatic nitrogens is 1. The molecule has 1 aromatic carbocycles. The number of halogens is 2. The van der Waals surface area contributed by atoms with Gasteiger partial charge in [-0.2, -0.15) is 0 Å². The Kier molecular flexibility index (Phi) is 5.71. The summed E-state index contributed by atoms with van der Waals surface area (Å²) in [5.74, 6) is -0.258. The monoisotopic (exact) mass is 306 g/mol. The highest BCUT2D eigenvalue weighted by Gasteiger charge is 2.25. The highest BCUT2D eigenvalue weighted by Crippen LogP contribution is 2.35. The summed E-state index contributed by atoms with van der Waals surface area (Å²) < 4.78 is 14.3. The molecule has 2 aromatic rings. The fraction of sp³-hybridized carbons (Fsp3) is 0.353. The normalized spacial score (nSPS) is 13.9. The molecule has 0 bridgehead atoms. The van der Waals surface area contributed by atoms with Crippen LogP contribution in [-0.2, 0) is 0 Å². The quantitative estimate of drug-likeness (QED) is 0.835. The first kappa shape index (κ1) is 15.9. The third kappa shape index (κ3) is 3.80. The first-order chi connectivity index (χ1) is 10.1. The van der Waals surface area contributed by atoms with Gasteiger partial charge in [0, 0.05) is 34.4 Å². The van der Waals surface area contributed by atoms with Crippen LogP contribution >= 0.6 is 11.6 Å². The van der Waals surface area contributed by atoms with Crippen molar-refractivity contribution in [2.24, 2.45) is 0 Å². The van der Waals surface area contributed by atoms with Crippen molar-refractivity contribution in [3.8, 4) is 0 Å². The first-order valence-electron chi connectivity index (χ1n) is 7.23. The van der Waals surface area contributed by atoms with Crippen molar-refractivity contribution in [2.45, 2.75) is 32.2 Å². The zero-order valence-corrected chi connectivity index (χ0v) is 13.1. The van der Waals surface area contributed by atoms with E-state index in [1.807, 2.05) is 25.1 Å². The van der Waals surface area contributed by atoms with E-state index in [9.17, 15) is 4.39 Å². The van der Waals surface area contributed by atoms with Gasteiger partial charge in [0.15, 0.2) is 0 Å². The van der Waals surface area contributed by atoms with Crippen LogP contribution in [0.15, 0.2) is 42.6 Å². The molecule has 0 radical (unpaired) electrons. The Hall–Kier alpha value is -1.45. The van der Waals surface area contributed by atoms with Gasteiger partial charge >= 0.3 is 0 Å². The minimum atomic E-state index is -0.279. The van der Waals surface area contributed by atoms with Crippen molar-refractivity contribution < 1.29 is 4.39 Å². The summed E-state index contributed by atoms with van der Waals surface area (Å²) in [7, 11) is 0. The molecule has 4 heteroatoms. The summed E-state index contributed by atoms with van der Waals surface area (Å²) in [4.78, 5) is 4.39. The van der Waals surface area contributed by atoms with Crippen LogP contribution in [-0.4, -0.2) is 11.5 Å². The van der Waals surface area contributed by atoms with Crippen molar-refractivity contribution in [2.75, 3.05) is 6.54 Å². The molecule has 0 aliphatic heterocycles. The molecule has 2 nitrogen and oxygen atoms in total. The molecule has 0 fully saturated rings. The van der Waals surface area contributed by atoms with E-state index in [2.05, 4.69) is 17.2 Å². The first-order valence-corrected chi connectivity index (χ1v) is 7.61. The van der Waals surface area contributed by atoms with Crippen LogP contribution in [0.1, 0.15) is 43.5 Å². The minimum absolute atomic E-state index is 0.0205. The highest BCUT2D eigenvalue weighted by molar-refractivity contribution is 6.31. The van der Waals surface area contributed by atoms with E-state index in [1.165, 1.54) is 6.07 Å². The van der Waals surface area contributed by atoms with Crippen LogP contribution < -0.4 is 5.32 Å². The van der Waals surface area contributed by atoms with E-state index in [4.69, 9.17) is 11.6 Å². The lowest BCUT2D eigenvalue weighted by atomic mass is 9.91. The summed E-state index contributed by atoms with van der Waals surface area (Å²) >= 11 is 6.23. The van der Waals surface area contributed by atoms with E-state index < -0.39 is 0 Å². The Labute approximate surface area is 130 Å². The van der Waals surface area contributed by atoms with Crippen LogP contribution in [0.4, 0.5) is 4.39 Å². The molecule has 0 aliphatic carbocycles. The van der Waals surface area contributed by atoms with Gasteiger partial charge in [-0.1, -0.05) is 37.6 Å². The fourth-order valence-electron chi connectivity index (χ4n) is 2.45. The van der Waals surface area contributed by atoms with Crippen LogP contribution in [0.25, 0.3) is 0 Å². The molecule has 21 heavy (non-hydrogen) atoms. The zero-order chi connectivity index (χ0) is 15.2. The molecule has 1 N–H and O–H groups in total. The zero-order valence-electron chi connectivity index (χ0n) is 12.3. The number of hydrogen-bond acceptors (Lipinski definition) is 2. The maximum Gasteiger partial charge on any atom is 0.129 e. The molecule has 0 amide bonds. The molecular formula is C17H20ClFN2. The second-order valence-electron chi connectivity index (χ2n) is 5.11. The molecule has 2 rings (SSSR count). The maximum atomic E-state index is 14.3. The summed E-state index contributed by atoms with van der Waals surface area (Å²) in [5.41, 5.74) is 1.44. The lowest BCUT2D eigenvalue weighted by molar-refractivity contribution is 0.440. The second-order valence-corrected chi connectivity index (χ2v) is 5.52. The third-order valence-corrected chi connectivity index (χ3v) is 3.91. The highest BCUT2D eigenvalue weighted by atomic mass is 35.5. The Bertz CT molecular complexity index is 554. The van der Waals surface area contributed by atoms with Crippen molar-refractivity contribution in [3.63, 3.8) is 0 Å². The Morgan fingerprint density at radius 2 is 2.05 bits per heavy atom. The Balaban J connectivity index is 2.39. The maximum absolute atomic E-state index is 14.3. The van der Waals surface area contributed by atoms with Gasteiger partial charge in [0.05, 0.1) is 0 Å². The van der Waals surface area contributed by atoms with Crippen LogP contribution in [0.5, 0.6) is 0 Å². The molecule has 1 heterocycles. The van der Waals surface area contributed by atoms with Crippen LogP contribution in [0, 0.1) is 5.82 Å². The van der Waals surface area contributed by atoms with Crippen molar-refractivity contribution in [1.82, 2.24) is 10.3 Å². The molecule has 2 atom stereocenters. The van der Waals surface area contributed by atoms with Gasteiger partial charge in [0.2, 0.25) is 0 Å². The van der Waals surface area contributed by atoms with E-state index in [0.29, 0.717) is 10.6 Å². The average molecular weight is 307 g/mol. The molecule has 0 saturated heterocycles. The molecule has 0 spiro atoms. The average Bonchev–Trinajstić information content (AvgIpc) is 2.50. The molecule has 1 aromatic heterocycles.